The van der Waals surface area contributed by atoms with Crippen LogP contribution < -0.4 is 10.2 Å². The van der Waals surface area contributed by atoms with Crippen molar-refractivity contribution in [2.75, 3.05) is 51.3 Å². The average molecular weight is 458 g/mol. The molecule has 2 aromatic carbocycles. The highest BCUT2D eigenvalue weighted by molar-refractivity contribution is 9.10. The Morgan fingerprint density at radius 3 is 2.76 bits per heavy atom. The summed E-state index contributed by atoms with van der Waals surface area (Å²) in [5.41, 5.74) is 4.68. The summed E-state index contributed by atoms with van der Waals surface area (Å²) in [6.45, 7) is 4.93. The molecule has 0 aromatic heterocycles. The molecule has 1 amide bonds. The Morgan fingerprint density at radius 2 is 1.97 bits per heavy atom. The minimum absolute atomic E-state index is 0.0478. The number of morpholine rings is 1. The van der Waals surface area contributed by atoms with Crippen LogP contribution in [0.5, 0.6) is 0 Å². The van der Waals surface area contributed by atoms with Crippen molar-refractivity contribution in [3.8, 4) is 0 Å². The minimum atomic E-state index is -0.0478. The smallest absolute Gasteiger partial charge is 0.252 e. The van der Waals surface area contributed by atoms with Crippen molar-refractivity contribution < 1.29 is 9.53 Å². The standard InChI is InChI=1S/C23H28BrN3O2/c1-26-10-4-5-17-15-18(8-9-21(17)26)22(27-11-13-29-14-12-27)16-25-23(28)19-6-2-3-7-20(19)24/h2-3,6-9,15,22H,4-5,10-14,16H2,1H3,(H,25,28)/t22-/m0/s1. The van der Waals surface area contributed by atoms with Crippen LogP contribution in [0.2, 0.25) is 0 Å². The van der Waals surface area contributed by atoms with Crippen LogP contribution in [0.25, 0.3) is 0 Å². The van der Waals surface area contributed by atoms with Gasteiger partial charge in [-0.05, 0) is 58.1 Å². The van der Waals surface area contributed by atoms with E-state index in [0.29, 0.717) is 12.1 Å². The molecule has 0 unspecified atom stereocenters. The molecule has 0 radical (unpaired) electrons. The molecule has 5 nitrogen and oxygen atoms in total. The van der Waals surface area contributed by atoms with Gasteiger partial charge < -0.3 is 15.0 Å². The summed E-state index contributed by atoms with van der Waals surface area (Å²) in [4.78, 5) is 17.5. The summed E-state index contributed by atoms with van der Waals surface area (Å²) in [6.07, 6.45) is 2.31. The molecule has 1 fully saturated rings. The fourth-order valence-electron chi connectivity index (χ4n) is 4.29. The van der Waals surface area contributed by atoms with Crippen molar-refractivity contribution in [2.24, 2.45) is 0 Å². The normalized spacial score (nSPS) is 18.2. The number of amides is 1. The van der Waals surface area contributed by atoms with Gasteiger partial charge in [-0.2, -0.15) is 0 Å². The molecule has 4 rings (SSSR count). The number of carbonyl (C=O) groups is 1. The molecule has 154 valence electrons. The van der Waals surface area contributed by atoms with E-state index in [2.05, 4.69) is 56.3 Å². The summed E-state index contributed by atoms with van der Waals surface area (Å²) >= 11 is 3.48. The molecular weight excluding hydrogens is 430 g/mol. The molecule has 1 N–H and O–H groups in total. The number of benzene rings is 2. The number of anilines is 1. The van der Waals surface area contributed by atoms with Crippen LogP contribution in [-0.2, 0) is 11.2 Å². The van der Waals surface area contributed by atoms with E-state index in [1.165, 1.54) is 23.2 Å². The molecule has 0 spiro atoms. The Morgan fingerprint density at radius 1 is 1.17 bits per heavy atom. The second-order valence-corrected chi connectivity index (χ2v) is 8.62. The fourth-order valence-corrected chi connectivity index (χ4v) is 4.75. The third-order valence-electron chi connectivity index (χ3n) is 5.90. The van der Waals surface area contributed by atoms with E-state index in [0.717, 1.165) is 43.7 Å². The molecular formula is C23H28BrN3O2. The molecule has 0 bridgehead atoms. The molecule has 0 aliphatic carbocycles. The first-order valence-electron chi connectivity index (χ1n) is 10.3. The predicted molar refractivity (Wildman–Crippen MR) is 120 cm³/mol. The lowest BCUT2D eigenvalue weighted by Crippen LogP contribution is -2.44. The van der Waals surface area contributed by atoms with Gasteiger partial charge in [-0.25, -0.2) is 0 Å². The van der Waals surface area contributed by atoms with Gasteiger partial charge in [0.25, 0.3) is 5.91 Å². The van der Waals surface area contributed by atoms with Crippen molar-refractivity contribution >= 4 is 27.5 Å². The SMILES string of the molecule is CN1CCCc2cc([C@H](CNC(=O)c3ccccc3Br)N3CCOCC3)ccc21. The van der Waals surface area contributed by atoms with Crippen LogP contribution in [0, 0.1) is 0 Å². The van der Waals surface area contributed by atoms with E-state index in [9.17, 15) is 4.79 Å². The highest BCUT2D eigenvalue weighted by Gasteiger charge is 2.25. The van der Waals surface area contributed by atoms with Gasteiger partial charge in [-0.1, -0.05) is 24.3 Å². The number of carbonyl (C=O) groups excluding carboxylic acids is 1. The van der Waals surface area contributed by atoms with E-state index < -0.39 is 0 Å². The number of nitrogens with zero attached hydrogens (tertiary/aromatic N) is 2. The summed E-state index contributed by atoms with van der Waals surface area (Å²) < 4.78 is 6.38. The fraction of sp³-hybridized carbons (Fsp3) is 0.435. The summed E-state index contributed by atoms with van der Waals surface area (Å²) in [5, 5.41) is 3.16. The van der Waals surface area contributed by atoms with Crippen molar-refractivity contribution in [1.82, 2.24) is 10.2 Å². The first kappa shape index (κ1) is 20.4. The van der Waals surface area contributed by atoms with Crippen LogP contribution in [0.15, 0.2) is 46.9 Å². The summed E-state index contributed by atoms with van der Waals surface area (Å²) in [5.74, 6) is -0.0478. The van der Waals surface area contributed by atoms with Crippen LogP contribution in [-0.4, -0.2) is 57.2 Å². The predicted octanol–water partition coefficient (Wildman–Crippen LogP) is 3.63. The minimum Gasteiger partial charge on any atom is -0.379 e. The number of hydrogen-bond donors (Lipinski definition) is 1. The van der Waals surface area contributed by atoms with Gasteiger partial charge in [0.2, 0.25) is 0 Å². The zero-order chi connectivity index (χ0) is 20.2. The Hall–Kier alpha value is -1.89. The zero-order valence-corrected chi connectivity index (χ0v) is 18.5. The monoisotopic (exact) mass is 457 g/mol. The third-order valence-corrected chi connectivity index (χ3v) is 6.59. The lowest BCUT2D eigenvalue weighted by atomic mass is 9.95. The number of rotatable bonds is 5. The number of hydrogen-bond acceptors (Lipinski definition) is 4. The number of aryl methyl sites for hydroxylation is 1. The quantitative estimate of drug-likeness (QED) is 0.744. The number of ether oxygens (including phenoxy) is 1. The van der Waals surface area contributed by atoms with Gasteiger partial charge in [-0.3, -0.25) is 9.69 Å². The van der Waals surface area contributed by atoms with Gasteiger partial charge in [0, 0.05) is 43.4 Å². The molecule has 2 heterocycles. The average Bonchev–Trinajstić information content (AvgIpc) is 2.75. The van der Waals surface area contributed by atoms with Crippen LogP contribution in [0.3, 0.4) is 0 Å². The zero-order valence-electron chi connectivity index (χ0n) is 16.9. The Balaban J connectivity index is 1.55. The van der Waals surface area contributed by atoms with Crippen LogP contribution >= 0.6 is 15.9 Å². The van der Waals surface area contributed by atoms with Crippen molar-refractivity contribution in [1.29, 1.82) is 0 Å². The topological polar surface area (TPSA) is 44.8 Å². The Bertz CT molecular complexity index is 867. The first-order chi connectivity index (χ1) is 14.1. The number of halogens is 1. The van der Waals surface area contributed by atoms with E-state index in [1.807, 2.05) is 24.3 Å². The van der Waals surface area contributed by atoms with Crippen molar-refractivity contribution in [3.63, 3.8) is 0 Å². The van der Waals surface area contributed by atoms with Crippen LogP contribution in [0.4, 0.5) is 5.69 Å². The third kappa shape index (κ3) is 4.65. The molecule has 2 aliphatic heterocycles. The lowest BCUT2D eigenvalue weighted by Gasteiger charge is -2.36. The molecule has 1 saturated heterocycles. The maximum absolute atomic E-state index is 12.8. The largest absolute Gasteiger partial charge is 0.379 e. The molecule has 1 atom stereocenters. The van der Waals surface area contributed by atoms with Gasteiger partial charge in [0.15, 0.2) is 0 Å². The highest BCUT2D eigenvalue weighted by Crippen LogP contribution is 2.31. The van der Waals surface area contributed by atoms with E-state index in [1.54, 1.807) is 0 Å². The Kier molecular flexibility index (Phi) is 6.53. The molecule has 29 heavy (non-hydrogen) atoms. The first-order valence-corrected chi connectivity index (χ1v) is 11.1. The number of fused-ring (bicyclic) bond motifs is 1. The second kappa shape index (κ2) is 9.28. The van der Waals surface area contributed by atoms with Gasteiger partial charge in [0.05, 0.1) is 24.8 Å². The van der Waals surface area contributed by atoms with Gasteiger partial charge in [0.1, 0.15) is 0 Å². The van der Waals surface area contributed by atoms with Gasteiger partial charge in [-0.15, -0.1) is 0 Å². The Labute approximate surface area is 181 Å². The maximum Gasteiger partial charge on any atom is 0.252 e. The lowest BCUT2D eigenvalue weighted by molar-refractivity contribution is 0.0162. The summed E-state index contributed by atoms with van der Waals surface area (Å²) in [6, 6.07) is 14.5. The molecule has 2 aliphatic rings. The molecule has 0 saturated carbocycles. The maximum atomic E-state index is 12.8. The van der Waals surface area contributed by atoms with Crippen molar-refractivity contribution in [3.05, 3.63) is 63.6 Å². The van der Waals surface area contributed by atoms with Crippen molar-refractivity contribution in [2.45, 2.75) is 18.9 Å². The van der Waals surface area contributed by atoms with E-state index >= 15 is 0 Å². The summed E-state index contributed by atoms with van der Waals surface area (Å²) in [7, 11) is 2.16. The van der Waals surface area contributed by atoms with E-state index in [-0.39, 0.29) is 11.9 Å². The number of nitrogens with one attached hydrogen (secondary N) is 1. The highest BCUT2D eigenvalue weighted by atomic mass is 79.9. The molecule has 2 aromatic rings. The van der Waals surface area contributed by atoms with Crippen LogP contribution in [0.1, 0.15) is 33.9 Å². The van der Waals surface area contributed by atoms with E-state index in [4.69, 9.17) is 4.74 Å². The second-order valence-electron chi connectivity index (χ2n) is 7.77. The van der Waals surface area contributed by atoms with Gasteiger partial charge >= 0.3 is 0 Å². The molecule has 6 heteroatoms.